The Morgan fingerprint density at radius 3 is 1.97 bits per heavy atom. The smallest absolute Gasteiger partial charge is 0.308 e. The van der Waals surface area contributed by atoms with Crippen molar-refractivity contribution in [3.63, 3.8) is 0 Å². The molecule has 3 N–H and O–H groups in total. The van der Waals surface area contributed by atoms with Crippen LogP contribution >= 0.6 is 0 Å². The lowest BCUT2D eigenvalue weighted by Crippen LogP contribution is -2.46. The number of hydrogen-bond acceptors (Lipinski definition) is 4. The summed E-state index contributed by atoms with van der Waals surface area (Å²) in [4.78, 5) is 37.6. The van der Waals surface area contributed by atoms with Gasteiger partial charge in [-0.05, 0) is 33.2 Å². The molecule has 1 atom stereocenters. The first kappa shape index (κ1) is 21.1. The van der Waals surface area contributed by atoms with Gasteiger partial charge in [0.25, 0.3) is 5.91 Å². The summed E-state index contributed by atoms with van der Waals surface area (Å²) >= 11 is 0. The van der Waals surface area contributed by atoms with Gasteiger partial charge in [0.2, 0.25) is 5.91 Å². The number of primary amides is 1. The Bertz CT molecular complexity index is 1250. The second kappa shape index (κ2) is 9.31. The van der Waals surface area contributed by atoms with Crippen LogP contribution in [0, 0.1) is 0 Å². The van der Waals surface area contributed by atoms with Gasteiger partial charge in [-0.1, -0.05) is 78.9 Å². The normalized spacial score (nSPS) is 11.8. The minimum Gasteiger partial charge on any atom is -0.461 e. The van der Waals surface area contributed by atoms with E-state index >= 15 is 0 Å². The molecule has 6 nitrogen and oxygen atoms in total. The molecule has 4 aromatic carbocycles. The first-order valence-electron chi connectivity index (χ1n) is 10.2. The number of amides is 2. The van der Waals surface area contributed by atoms with E-state index < -0.39 is 23.8 Å². The minimum atomic E-state index is -1.19. The van der Waals surface area contributed by atoms with Gasteiger partial charge in [0.05, 0.1) is 12.0 Å². The molecule has 0 bridgehead atoms. The topological polar surface area (TPSA) is 98.5 Å². The third-order valence-electron chi connectivity index (χ3n) is 5.26. The van der Waals surface area contributed by atoms with E-state index in [9.17, 15) is 14.4 Å². The van der Waals surface area contributed by atoms with E-state index in [0.717, 1.165) is 27.1 Å². The van der Waals surface area contributed by atoms with Crippen LogP contribution in [-0.4, -0.2) is 23.8 Å². The molecule has 4 rings (SSSR count). The van der Waals surface area contributed by atoms with Crippen LogP contribution in [0.25, 0.3) is 21.5 Å². The van der Waals surface area contributed by atoms with Gasteiger partial charge in [-0.3, -0.25) is 14.4 Å². The summed E-state index contributed by atoms with van der Waals surface area (Å²) < 4.78 is 5.24. The number of nitrogens with two attached hydrogens (primary N) is 1. The first-order chi connectivity index (χ1) is 15.5. The predicted octanol–water partition coefficient (Wildman–Crippen LogP) is 3.71. The number of carbonyl (C=O) groups excluding carboxylic acids is 3. The molecule has 0 aliphatic carbocycles. The van der Waals surface area contributed by atoms with Crippen LogP contribution in [-0.2, 0) is 20.9 Å². The van der Waals surface area contributed by atoms with E-state index in [1.54, 1.807) is 0 Å². The summed E-state index contributed by atoms with van der Waals surface area (Å²) in [6, 6.07) is 25.0. The Morgan fingerprint density at radius 1 is 0.812 bits per heavy atom. The zero-order valence-electron chi connectivity index (χ0n) is 17.3. The van der Waals surface area contributed by atoms with Crippen molar-refractivity contribution in [3.05, 3.63) is 96.1 Å². The molecule has 0 unspecified atom stereocenters. The Hall–Kier alpha value is -4.19. The molecule has 2 amide bonds. The minimum absolute atomic E-state index is 0.0765. The number of nitrogens with one attached hydrogen (secondary N) is 1. The van der Waals surface area contributed by atoms with Gasteiger partial charge in [0, 0.05) is 0 Å². The van der Waals surface area contributed by atoms with Crippen molar-refractivity contribution in [1.29, 1.82) is 0 Å². The first-order valence-corrected chi connectivity index (χ1v) is 10.2. The summed E-state index contributed by atoms with van der Waals surface area (Å²) in [5.74, 6) is -1.90. The number of benzene rings is 4. The zero-order chi connectivity index (χ0) is 22.5. The summed E-state index contributed by atoms with van der Waals surface area (Å²) in [7, 11) is 0. The molecule has 32 heavy (non-hydrogen) atoms. The molecule has 6 heteroatoms. The zero-order valence-corrected chi connectivity index (χ0v) is 17.3. The van der Waals surface area contributed by atoms with Crippen molar-refractivity contribution in [2.45, 2.75) is 19.1 Å². The number of rotatable bonds is 7. The van der Waals surface area contributed by atoms with Crippen LogP contribution in [0.15, 0.2) is 84.9 Å². The van der Waals surface area contributed by atoms with E-state index in [2.05, 4.69) is 5.32 Å². The molecule has 160 valence electrons. The van der Waals surface area contributed by atoms with Gasteiger partial charge in [-0.2, -0.15) is 0 Å². The standard InChI is InChI=1S/C26H22N2O4/c27-25(30)22(15-23(29)32-16-17-8-2-1-3-9-17)28-26(31)24-20-12-6-4-10-18(20)14-19-11-5-7-13-21(19)24/h1-14,22H,15-16H2,(H2,27,30)(H,28,31)/t22-/m0/s1. The van der Waals surface area contributed by atoms with Crippen LogP contribution in [0.1, 0.15) is 22.3 Å². The number of fused-ring (bicyclic) bond motifs is 2. The summed E-state index contributed by atoms with van der Waals surface area (Å²) in [6.07, 6.45) is -0.351. The van der Waals surface area contributed by atoms with Crippen molar-refractivity contribution in [2.24, 2.45) is 5.73 Å². The molecule has 0 aliphatic rings. The second-order valence-electron chi connectivity index (χ2n) is 7.47. The van der Waals surface area contributed by atoms with Gasteiger partial charge in [0.15, 0.2) is 0 Å². The largest absolute Gasteiger partial charge is 0.461 e. The Balaban J connectivity index is 1.56. The SMILES string of the molecule is NC(=O)[C@H](CC(=O)OCc1ccccc1)NC(=O)c1c2ccccc2cc2ccccc12. The van der Waals surface area contributed by atoms with Gasteiger partial charge >= 0.3 is 5.97 Å². The van der Waals surface area contributed by atoms with E-state index in [-0.39, 0.29) is 13.0 Å². The van der Waals surface area contributed by atoms with Crippen LogP contribution in [0.3, 0.4) is 0 Å². The Morgan fingerprint density at radius 2 is 1.38 bits per heavy atom. The van der Waals surface area contributed by atoms with Crippen molar-refractivity contribution in [1.82, 2.24) is 5.32 Å². The van der Waals surface area contributed by atoms with Gasteiger partial charge in [-0.15, -0.1) is 0 Å². The van der Waals surface area contributed by atoms with Crippen LogP contribution < -0.4 is 11.1 Å². The maximum absolute atomic E-state index is 13.3. The van der Waals surface area contributed by atoms with Crippen molar-refractivity contribution >= 4 is 39.3 Å². The lowest BCUT2D eigenvalue weighted by molar-refractivity contribution is -0.146. The second-order valence-corrected chi connectivity index (χ2v) is 7.47. The highest BCUT2D eigenvalue weighted by Gasteiger charge is 2.25. The molecule has 0 saturated carbocycles. The molecule has 0 radical (unpaired) electrons. The fraction of sp³-hybridized carbons (Fsp3) is 0.115. The van der Waals surface area contributed by atoms with Crippen molar-refractivity contribution in [2.75, 3.05) is 0 Å². The van der Waals surface area contributed by atoms with E-state index in [4.69, 9.17) is 10.5 Å². The maximum Gasteiger partial charge on any atom is 0.308 e. The maximum atomic E-state index is 13.3. The van der Waals surface area contributed by atoms with Crippen molar-refractivity contribution in [3.8, 4) is 0 Å². The molecule has 4 aromatic rings. The number of ether oxygens (including phenoxy) is 1. The van der Waals surface area contributed by atoms with Crippen molar-refractivity contribution < 1.29 is 19.1 Å². The Labute approximate surface area is 185 Å². The third-order valence-corrected chi connectivity index (χ3v) is 5.26. The fourth-order valence-corrected chi connectivity index (χ4v) is 3.68. The molecule has 0 aromatic heterocycles. The van der Waals surface area contributed by atoms with E-state index in [1.807, 2.05) is 84.9 Å². The highest BCUT2D eigenvalue weighted by molar-refractivity contribution is 6.18. The number of carbonyl (C=O) groups is 3. The fourth-order valence-electron chi connectivity index (χ4n) is 3.68. The van der Waals surface area contributed by atoms with Gasteiger partial charge < -0.3 is 15.8 Å². The highest BCUT2D eigenvalue weighted by atomic mass is 16.5. The predicted molar refractivity (Wildman–Crippen MR) is 123 cm³/mol. The molecule has 0 fully saturated rings. The van der Waals surface area contributed by atoms with Gasteiger partial charge in [-0.25, -0.2) is 0 Å². The summed E-state index contributed by atoms with van der Waals surface area (Å²) in [5, 5.41) is 5.92. The van der Waals surface area contributed by atoms with Crippen LogP contribution in [0.4, 0.5) is 0 Å². The monoisotopic (exact) mass is 426 g/mol. The Kier molecular flexibility index (Phi) is 6.12. The summed E-state index contributed by atoms with van der Waals surface area (Å²) in [5.41, 5.74) is 6.74. The number of hydrogen-bond donors (Lipinski definition) is 2. The summed E-state index contributed by atoms with van der Waals surface area (Å²) in [6.45, 7) is 0.0765. The molecule has 0 saturated heterocycles. The molecule has 0 spiro atoms. The molecular formula is C26H22N2O4. The van der Waals surface area contributed by atoms with E-state index in [1.165, 1.54) is 0 Å². The highest BCUT2D eigenvalue weighted by Crippen LogP contribution is 2.28. The number of esters is 1. The lowest BCUT2D eigenvalue weighted by Gasteiger charge is -2.17. The van der Waals surface area contributed by atoms with E-state index in [0.29, 0.717) is 5.56 Å². The van der Waals surface area contributed by atoms with Crippen LogP contribution in [0.2, 0.25) is 0 Å². The lowest BCUT2D eigenvalue weighted by atomic mass is 9.96. The average molecular weight is 426 g/mol. The molecule has 0 heterocycles. The average Bonchev–Trinajstić information content (AvgIpc) is 2.81. The van der Waals surface area contributed by atoms with Gasteiger partial charge in [0.1, 0.15) is 12.6 Å². The molecule has 0 aliphatic heterocycles. The quantitative estimate of drug-likeness (QED) is 0.348. The molecular weight excluding hydrogens is 404 g/mol. The third kappa shape index (κ3) is 4.59. The van der Waals surface area contributed by atoms with Crippen LogP contribution in [0.5, 0.6) is 0 Å².